The summed E-state index contributed by atoms with van der Waals surface area (Å²) in [6, 6.07) is 7.32. The van der Waals surface area contributed by atoms with E-state index in [4.69, 9.17) is 5.26 Å². The summed E-state index contributed by atoms with van der Waals surface area (Å²) >= 11 is 0. The Balaban J connectivity index is 2.91. The van der Waals surface area contributed by atoms with Gasteiger partial charge in [-0.25, -0.2) is 0 Å². The average Bonchev–Trinajstić information content (AvgIpc) is 2.31. The van der Waals surface area contributed by atoms with Crippen molar-refractivity contribution in [3.8, 4) is 6.07 Å². The molecule has 1 aromatic carbocycles. The molecule has 0 spiro atoms. The van der Waals surface area contributed by atoms with E-state index in [0.29, 0.717) is 11.3 Å². The van der Waals surface area contributed by atoms with Gasteiger partial charge in [-0.05, 0) is 45.0 Å². The highest BCUT2D eigenvalue weighted by molar-refractivity contribution is 5.98. The second-order valence-corrected chi connectivity index (χ2v) is 4.75. The second-order valence-electron chi connectivity index (χ2n) is 4.75. The van der Waals surface area contributed by atoms with Crippen molar-refractivity contribution in [3.05, 3.63) is 29.3 Å². The van der Waals surface area contributed by atoms with Crippen LogP contribution in [-0.4, -0.2) is 18.0 Å². The van der Waals surface area contributed by atoms with Gasteiger partial charge < -0.3 is 10.6 Å². The van der Waals surface area contributed by atoms with Crippen LogP contribution in [0.5, 0.6) is 0 Å². The van der Waals surface area contributed by atoms with Crippen molar-refractivity contribution < 1.29 is 4.79 Å². The molecule has 4 heteroatoms. The van der Waals surface area contributed by atoms with E-state index in [0.717, 1.165) is 12.1 Å². The zero-order valence-electron chi connectivity index (χ0n) is 11.3. The number of anilines is 1. The summed E-state index contributed by atoms with van der Waals surface area (Å²) < 4.78 is 0. The predicted octanol–water partition coefficient (Wildman–Crippen LogP) is 2.19. The van der Waals surface area contributed by atoms with Gasteiger partial charge in [0.1, 0.15) is 0 Å². The minimum absolute atomic E-state index is 0.109. The lowest BCUT2D eigenvalue weighted by atomic mass is 10.0. The van der Waals surface area contributed by atoms with Crippen LogP contribution in [0.15, 0.2) is 18.2 Å². The summed E-state index contributed by atoms with van der Waals surface area (Å²) in [6.07, 6.45) is 0. The number of hydrogen-bond acceptors (Lipinski definition) is 3. The van der Waals surface area contributed by atoms with Crippen molar-refractivity contribution in [3.63, 3.8) is 0 Å². The molecule has 2 N–H and O–H groups in total. The number of carbonyl (C=O) groups is 1. The molecule has 1 amide bonds. The number of nitrogens with zero attached hydrogens (tertiary/aromatic N) is 1. The minimum atomic E-state index is -0.635. The van der Waals surface area contributed by atoms with E-state index in [9.17, 15) is 4.79 Å². The molecule has 0 aliphatic carbocycles. The van der Waals surface area contributed by atoms with Crippen molar-refractivity contribution in [2.24, 2.45) is 0 Å². The van der Waals surface area contributed by atoms with Gasteiger partial charge in [0.25, 0.3) is 0 Å². The number of amides is 1. The van der Waals surface area contributed by atoms with Gasteiger partial charge in [-0.15, -0.1) is 0 Å². The lowest BCUT2D eigenvalue weighted by molar-refractivity contribution is -0.121. The Hall–Kier alpha value is -1.86. The van der Waals surface area contributed by atoms with Gasteiger partial charge in [-0.2, -0.15) is 5.26 Å². The van der Waals surface area contributed by atoms with Crippen LogP contribution in [0.4, 0.5) is 5.69 Å². The second kappa shape index (κ2) is 5.65. The van der Waals surface area contributed by atoms with Gasteiger partial charge in [0, 0.05) is 5.69 Å². The smallest absolute Gasteiger partial charge is 0.244 e. The van der Waals surface area contributed by atoms with E-state index in [-0.39, 0.29) is 5.91 Å². The maximum atomic E-state index is 12.1. The molecule has 0 aromatic heterocycles. The first-order valence-electron chi connectivity index (χ1n) is 5.98. The highest BCUT2D eigenvalue weighted by Crippen LogP contribution is 2.18. The molecule has 0 aliphatic rings. The average molecular weight is 245 g/mol. The lowest BCUT2D eigenvalue weighted by Crippen LogP contribution is -2.49. The zero-order chi connectivity index (χ0) is 13.8. The summed E-state index contributed by atoms with van der Waals surface area (Å²) in [5, 5.41) is 14.8. The number of rotatable bonds is 4. The Morgan fingerprint density at radius 2 is 2.11 bits per heavy atom. The van der Waals surface area contributed by atoms with E-state index in [2.05, 4.69) is 16.7 Å². The molecule has 1 rings (SSSR count). The number of carbonyl (C=O) groups excluding carboxylic acids is 1. The number of benzene rings is 1. The highest BCUT2D eigenvalue weighted by Gasteiger charge is 2.26. The first kappa shape index (κ1) is 14.2. The van der Waals surface area contributed by atoms with Crippen LogP contribution in [0.1, 0.15) is 31.9 Å². The molecule has 0 heterocycles. The Labute approximate surface area is 108 Å². The molecule has 0 saturated heterocycles. The molecule has 0 aliphatic heterocycles. The van der Waals surface area contributed by atoms with E-state index < -0.39 is 5.54 Å². The Bertz CT molecular complexity index is 486. The molecular weight excluding hydrogens is 226 g/mol. The van der Waals surface area contributed by atoms with Crippen LogP contribution >= 0.6 is 0 Å². The predicted molar refractivity (Wildman–Crippen MR) is 72.3 cm³/mol. The van der Waals surface area contributed by atoms with Crippen molar-refractivity contribution in [2.45, 2.75) is 33.2 Å². The third-order valence-corrected chi connectivity index (χ3v) is 2.80. The molecule has 18 heavy (non-hydrogen) atoms. The topological polar surface area (TPSA) is 64.9 Å². The third-order valence-electron chi connectivity index (χ3n) is 2.80. The maximum absolute atomic E-state index is 12.1. The number of likely N-dealkylation sites (N-methyl/N-ethyl adjacent to an activating group) is 1. The normalized spacial score (nSPS) is 10.8. The Morgan fingerprint density at radius 3 is 2.67 bits per heavy atom. The number of aryl methyl sites for hydroxylation is 1. The van der Waals surface area contributed by atoms with Crippen molar-refractivity contribution in [1.29, 1.82) is 5.26 Å². The summed E-state index contributed by atoms with van der Waals surface area (Å²) in [7, 11) is 0. The summed E-state index contributed by atoms with van der Waals surface area (Å²) in [6.45, 7) is 8.23. The zero-order valence-corrected chi connectivity index (χ0v) is 11.3. The number of nitriles is 1. The van der Waals surface area contributed by atoms with E-state index in [1.807, 2.05) is 33.8 Å². The van der Waals surface area contributed by atoms with Gasteiger partial charge in [0.2, 0.25) is 5.91 Å². The van der Waals surface area contributed by atoms with Crippen LogP contribution in [0, 0.1) is 18.3 Å². The Morgan fingerprint density at radius 1 is 1.44 bits per heavy atom. The van der Waals surface area contributed by atoms with Gasteiger partial charge in [0.15, 0.2) is 0 Å². The monoisotopic (exact) mass is 245 g/mol. The quantitative estimate of drug-likeness (QED) is 0.854. The van der Waals surface area contributed by atoms with Gasteiger partial charge in [-0.1, -0.05) is 13.0 Å². The summed E-state index contributed by atoms with van der Waals surface area (Å²) in [5.41, 5.74) is 1.53. The fourth-order valence-corrected chi connectivity index (χ4v) is 1.63. The highest BCUT2D eigenvalue weighted by atomic mass is 16.2. The van der Waals surface area contributed by atoms with E-state index >= 15 is 0 Å². The molecule has 96 valence electrons. The van der Waals surface area contributed by atoms with Gasteiger partial charge in [-0.3, -0.25) is 4.79 Å². The molecular formula is C14H19N3O. The summed E-state index contributed by atoms with van der Waals surface area (Å²) in [4.78, 5) is 12.1. The van der Waals surface area contributed by atoms with Crippen LogP contribution in [0.2, 0.25) is 0 Å². The molecule has 0 saturated carbocycles. The van der Waals surface area contributed by atoms with Crippen LogP contribution in [0.3, 0.4) is 0 Å². The molecule has 0 atom stereocenters. The first-order chi connectivity index (χ1) is 8.40. The van der Waals surface area contributed by atoms with Crippen LogP contribution in [-0.2, 0) is 4.79 Å². The van der Waals surface area contributed by atoms with E-state index in [1.54, 1.807) is 12.1 Å². The SMILES string of the molecule is CCNC(C)(C)C(=O)Nc1cc(C#N)ccc1C. The maximum Gasteiger partial charge on any atom is 0.244 e. The molecule has 1 aromatic rings. The van der Waals surface area contributed by atoms with Crippen LogP contribution < -0.4 is 10.6 Å². The molecule has 0 radical (unpaired) electrons. The lowest BCUT2D eigenvalue weighted by Gasteiger charge is -2.25. The largest absolute Gasteiger partial charge is 0.324 e. The third kappa shape index (κ3) is 3.31. The van der Waals surface area contributed by atoms with Gasteiger partial charge in [0.05, 0.1) is 17.2 Å². The molecule has 0 bridgehead atoms. The Kier molecular flexibility index (Phi) is 4.46. The van der Waals surface area contributed by atoms with Crippen molar-refractivity contribution >= 4 is 11.6 Å². The summed E-state index contributed by atoms with van der Waals surface area (Å²) in [5.74, 6) is -0.109. The standard InChI is InChI=1S/C14H19N3O/c1-5-16-14(3,4)13(18)17-12-8-11(9-15)7-6-10(12)2/h6-8,16H,5H2,1-4H3,(H,17,18). The van der Waals surface area contributed by atoms with Crippen molar-refractivity contribution in [1.82, 2.24) is 5.32 Å². The number of hydrogen-bond donors (Lipinski definition) is 2. The number of nitrogens with one attached hydrogen (secondary N) is 2. The minimum Gasteiger partial charge on any atom is -0.324 e. The van der Waals surface area contributed by atoms with Crippen LogP contribution in [0.25, 0.3) is 0 Å². The molecule has 0 unspecified atom stereocenters. The molecule has 4 nitrogen and oxygen atoms in total. The fourth-order valence-electron chi connectivity index (χ4n) is 1.63. The fraction of sp³-hybridized carbons (Fsp3) is 0.429. The van der Waals surface area contributed by atoms with E-state index in [1.165, 1.54) is 0 Å². The van der Waals surface area contributed by atoms with Crippen molar-refractivity contribution in [2.75, 3.05) is 11.9 Å². The van der Waals surface area contributed by atoms with Gasteiger partial charge >= 0.3 is 0 Å². The first-order valence-corrected chi connectivity index (χ1v) is 5.98. The molecule has 0 fully saturated rings.